The molecular formula is C25H20N2O. The lowest BCUT2D eigenvalue weighted by molar-refractivity contribution is 0.655. The molecule has 2 aromatic carbocycles. The van der Waals surface area contributed by atoms with E-state index in [0.717, 1.165) is 33.2 Å². The normalized spacial score (nSPS) is 11.5. The summed E-state index contributed by atoms with van der Waals surface area (Å²) in [6.07, 6.45) is 3.62. The monoisotopic (exact) mass is 364 g/mol. The standard InChI is InChI=1S/C25H20N2O/c1-16(2)17-8-10-18(11-9-17)19-12-14-26-23(15-19)22-6-3-5-20-21-7-4-13-27-25(21)28-24(20)22/h3-16H,1-2H3. The molecule has 3 aromatic heterocycles. The van der Waals surface area contributed by atoms with Gasteiger partial charge in [0.15, 0.2) is 0 Å². The van der Waals surface area contributed by atoms with Gasteiger partial charge in [0.2, 0.25) is 5.71 Å². The molecule has 28 heavy (non-hydrogen) atoms. The molecule has 0 bridgehead atoms. The zero-order valence-corrected chi connectivity index (χ0v) is 15.9. The molecule has 3 heterocycles. The SMILES string of the molecule is CC(C)c1ccc(-c2ccnc(-c3cccc4c3oc3ncccc34)c2)cc1. The number of fused-ring (bicyclic) bond motifs is 3. The van der Waals surface area contributed by atoms with Gasteiger partial charge in [0.05, 0.1) is 5.69 Å². The minimum Gasteiger partial charge on any atom is -0.437 e. The predicted octanol–water partition coefficient (Wildman–Crippen LogP) is 6.83. The third kappa shape index (κ3) is 2.76. The Bertz CT molecular complexity index is 1280. The number of furan rings is 1. The lowest BCUT2D eigenvalue weighted by Gasteiger charge is -2.08. The van der Waals surface area contributed by atoms with Crippen LogP contribution in [0.5, 0.6) is 0 Å². The highest BCUT2D eigenvalue weighted by atomic mass is 16.3. The molecule has 5 rings (SSSR count). The van der Waals surface area contributed by atoms with Gasteiger partial charge >= 0.3 is 0 Å². The molecule has 0 aliphatic rings. The van der Waals surface area contributed by atoms with Crippen LogP contribution in [0.25, 0.3) is 44.5 Å². The summed E-state index contributed by atoms with van der Waals surface area (Å²) >= 11 is 0. The average Bonchev–Trinajstić information content (AvgIpc) is 3.13. The maximum absolute atomic E-state index is 6.07. The van der Waals surface area contributed by atoms with Crippen molar-refractivity contribution in [1.29, 1.82) is 0 Å². The van der Waals surface area contributed by atoms with Crippen LogP contribution in [0.3, 0.4) is 0 Å². The van der Waals surface area contributed by atoms with Crippen molar-refractivity contribution in [3.05, 3.63) is 84.7 Å². The number of aromatic nitrogens is 2. The van der Waals surface area contributed by atoms with Gasteiger partial charge in [-0.05, 0) is 52.9 Å². The molecule has 0 aliphatic carbocycles. The van der Waals surface area contributed by atoms with Gasteiger partial charge in [0.25, 0.3) is 0 Å². The minimum absolute atomic E-state index is 0.529. The fourth-order valence-electron chi connectivity index (χ4n) is 3.65. The lowest BCUT2D eigenvalue weighted by atomic mass is 9.98. The van der Waals surface area contributed by atoms with E-state index in [9.17, 15) is 0 Å². The predicted molar refractivity (Wildman–Crippen MR) is 114 cm³/mol. The van der Waals surface area contributed by atoms with E-state index in [4.69, 9.17) is 4.42 Å². The van der Waals surface area contributed by atoms with E-state index in [-0.39, 0.29) is 0 Å². The maximum atomic E-state index is 6.07. The maximum Gasteiger partial charge on any atom is 0.227 e. The van der Waals surface area contributed by atoms with Crippen molar-refractivity contribution in [3.8, 4) is 22.4 Å². The molecule has 0 unspecified atom stereocenters. The Labute approximate surface area is 163 Å². The molecule has 0 fully saturated rings. The van der Waals surface area contributed by atoms with Crippen LogP contribution in [0, 0.1) is 0 Å². The van der Waals surface area contributed by atoms with Crippen LogP contribution in [-0.2, 0) is 0 Å². The molecule has 0 atom stereocenters. The van der Waals surface area contributed by atoms with Gasteiger partial charge < -0.3 is 4.42 Å². The number of para-hydroxylation sites is 1. The highest BCUT2D eigenvalue weighted by Crippen LogP contribution is 2.35. The van der Waals surface area contributed by atoms with Crippen LogP contribution in [0.1, 0.15) is 25.3 Å². The molecule has 3 nitrogen and oxygen atoms in total. The van der Waals surface area contributed by atoms with Gasteiger partial charge in [-0.3, -0.25) is 4.98 Å². The highest BCUT2D eigenvalue weighted by Gasteiger charge is 2.13. The van der Waals surface area contributed by atoms with E-state index in [0.29, 0.717) is 11.6 Å². The van der Waals surface area contributed by atoms with E-state index < -0.39 is 0 Å². The second-order valence-corrected chi connectivity index (χ2v) is 7.35. The number of hydrogen-bond donors (Lipinski definition) is 0. The topological polar surface area (TPSA) is 38.9 Å². The summed E-state index contributed by atoms with van der Waals surface area (Å²) in [5.41, 5.74) is 7.04. The van der Waals surface area contributed by atoms with Crippen LogP contribution >= 0.6 is 0 Å². The van der Waals surface area contributed by atoms with E-state index in [1.807, 2.05) is 30.5 Å². The first-order chi connectivity index (χ1) is 13.7. The second kappa shape index (κ2) is 6.61. The summed E-state index contributed by atoms with van der Waals surface area (Å²) in [5.74, 6) is 0.529. The summed E-state index contributed by atoms with van der Waals surface area (Å²) in [6, 6.07) is 23.1. The average molecular weight is 364 g/mol. The van der Waals surface area contributed by atoms with E-state index in [1.54, 1.807) is 6.20 Å². The highest BCUT2D eigenvalue weighted by molar-refractivity contribution is 6.08. The Hall–Kier alpha value is -3.46. The smallest absolute Gasteiger partial charge is 0.227 e. The number of rotatable bonds is 3. The molecule has 136 valence electrons. The van der Waals surface area contributed by atoms with Crippen molar-refractivity contribution in [2.24, 2.45) is 0 Å². The number of hydrogen-bond acceptors (Lipinski definition) is 3. The molecule has 3 heteroatoms. The van der Waals surface area contributed by atoms with Crippen LogP contribution in [-0.4, -0.2) is 9.97 Å². The summed E-state index contributed by atoms with van der Waals surface area (Å²) in [7, 11) is 0. The van der Waals surface area contributed by atoms with Gasteiger partial charge in [-0.25, -0.2) is 4.98 Å². The fourth-order valence-corrected chi connectivity index (χ4v) is 3.65. The molecule has 0 radical (unpaired) electrons. The van der Waals surface area contributed by atoms with Crippen molar-refractivity contribution >= 4 is 22.1 Å². The van der Waals surface area contributed by atoms with Crippen LogP contribution < -0.4 is 0 Å². The molecular weight excluding hydrogens is 344 g/mol. The summed E-state index contributed by atoms with van der Waals surface area (Å²) in [6.45, 7) is 4.42. The summed E-state index contributed by atoms with van der Waals surface area (Å²) < 4.78 is 6.07. The minimum atomic E-state index is 0.529. The molecule has 5 aromatic rings. The van der Waals surface area contributed by atoms with Crippen LogP contribution in [0.2, 0.25) is 0 Å². The van der Waals surface area contributed by atoms with Crippen molar-refractivity contribution in [2.45, 2.75) is 19.8 Å². The first kappa shape index (κ1) is 16.7. The van der Waals surface area contributed by atoms with Gasteiger partial charge in [0, 0.05) is 28.7 Å². The Balaban J connectivity index is 1.63. The molecule has 0 saturated carbocycles. The number of pyridine rings is 2. The Morgan fingerprint density at radius 2 is 1.57 bits per heavy atom. The second-order valence-electron chi connectivity index (χ2n) is 7.35. The Kier molecular flexibility index (Phi) is 3.94. The van der Waals surface area contributed by atoms with Crippen LogP contribution in [0.15, 0.2) is 83.5 Å². The van der Waals surface area contributed by atoms with E-state index in [1.165, 1.54) is 11.1 Å². The van der Waals surface area contributed by atoms with Gasteiger partial charge in [-0.1, -0.05) is 50.2 Å². The first-order valence-corrected chi connectivity index (χ1v) is 9.54. The molecule has 0 amide bonds. The molecule has 0 N–H and O–H groups in total. The van der Waals surface area contributed by atoms with E-state index >= 15 is 0 Å². The van der Waals surface area contributed by atoms with Gasteiger partial charge in [-0.15, -0.1) is 0 Å². The zero-order valence-electron chi connectivity index (χ0n) is 15.9. The van der Waals surface area contributed by atoms with Crippen molar-refractivity contribution in [2.75, 3.05) is 0 Å². The zero-order chi connectivity index (χ0) is 19.1. The van der Waals surface area contributed by atoms with Crippen LogP contribution in [0.4, 0.5) is 0 Å². The van der Waals surface area contributed by atoms with Gasteiger partial charge in [-0.2, -0.15) is 0 Å². The third-order valence-corrected chi connectivity index (χ3v) is 5.22. The van der Waals surface area contributed by atoms with Crippen molar-refractivity contribution in [3.63, 3.8) is 0 Å². The quantitative estimate of drug-likeness (QED) is 0.352. The van der Waals surface area contributed by atoms with E-state index in [2.05, 4.69) is 66.3 Å². The largest absolute Gasteiger partial charge is 0.437 e. The van der Waals surface area contributed by atoms with Crippen molar-refractivity contribution < 1.29 is 4.42 Å². The summed E-state index contributed by atoms with van der Waals surface area (Å²) in [4.78, 5) is 8.97. The lowest BCUT2D eigenvalue weighted by Crippen LogP contribution is -1.88. The number of benzene rings is 2. The summed E-state index contributed by atoms with van der Waals surface area (Å²) in [5, 5.41) is 2.09. The molecule has 0 saturated heterocycles. The fraction of sp³-hybridized carbons (Fsp3) is 0.120. The number of nitrogens with zero attached hydrogens (tertiary/aromatic N) is 2. The Morgan fingerprint density at radius 1 is 0.750 bits per heavy atom. The first-order valence-electron chi connectivity index (χ1n) is 9.54. The molecule has 0 aliphatic heterocycles. The van der Waals surface area contributed by atoms with Crippen molar-refractivity contribution in [1.82, 2.24) is 9.97 Å². The van der Waals surface area contributed by atoms with Gasteiger partial charge in [0.1, 0.15) is 5.58 Å². The third-order valence-electron chi connectivity index (χ3n) is 5.22. The molecule has 0 spiro atoms. The Morgan fingerprint density at radius 3 is 2.39 bits per heavy atom.